The molecule has 13 heavy (non-hydrogen) atoms. The Morgan fingerprint density at radius 3 is 2.23 bits per heavy atom. The zero-order chi connectivity index (χ0) is 9.90. The van der Waals surface area contributed by atoms with Crippen LogP contribution in [0.3, 0.4) is 0 Å². The summed E-state index contributed by atoms with van der Waals surface area (Å²) in [6.07, 6.45) is 0. The van der Waals surface area contributed by atoms with Crippen molar-refractivity contribution in [2.45, 2.75) is 6.54 Å². The maximum atomic E-state index is 10.3. The summed E-state index contributed by atoms with van der Waals surface area (Å²) in [5.74, 6) is 0.0553. The van der Waals surface area contributed by atoms with Gasteiger partial charge in [-0.3, -0.25) is 4.55 Å². The van der Waals surface area contributed by atoms with Gasteiger partial charge in [-0.15, -0.1) is 0 Å². The van der Waals surface area contributed by atoms with Gasteiger partial charge >= 0.3 is 10.4 Å². The Balaban J connectivity index is 2.81. The molecule has 0 aromatic heterocycles. The first-order valence-electron chi connectivity index (χ1n) is 3.47. The summed E-state index contributed by atoms with van der Waals surface area (Å²) in [6, 6.07) is 6.05. The molecular weight excluding hydrogens is 194 g/mol. The Morgan fingerprint density at radius 2 is 1.85 bits per heavy atom. The maximum Gasteiger partial charge on any atom is 0.446 e. The van der Waals surface area contributed by atoms with Crippen LogP contribution in [0.15, 0.2) is 24.3 Å². The minimum Gasteiger partial charge on any atom is -0.362 e. The van der Waals surface area contributed by atoms with Crippen molar-refractivity contribution in [3.05, 3.63) is 29.8 Å². The summed E-state index contributed by atoms with van der Waals surface area (Å²) >= 11 is 0. The second-order valence-corrected chi connectivity index (χ2v) is 3.38. The van der Waals surface area contributed by atoms with Crippen LogP contribution in [0.25, 0.3) is 0 Å². The summed E-state index contributed by atoms with van der Waals surface area (Å²) < 4.78 is 33.0. The van der Waals surface area contributed by atoms with Crippen LogP contribution in [-0.2, 0) is 16.9 Å². The standard InChI is InChI=1S/C7H9NO4S/c8-5-6-1-3-7(4-2-6)12-13(9,10)11/h1-4H,5,8H2,(H,9,10,11). The van der Waals surface area contributed by atoms with Gasteiger partial charge in [0.25, 0.3) is 0 Å². The van der Waals surface area contributed by atoms with Crippen LogP contribution in [0, 0.1) is 0 Å². The third kappa shape index (κ3) is 3.41. The largest absolute Gasteiger partial charge is 0.446 e. The van der Waals surface area contributed by atoms with Gasteiger partial charge in [-0.2, -0.15) is 8.42 Å². The van der Waals surface area contributed by atoms with Crippen molar-refractivity contribution in [2.24, 2.45) is 5.73 Å². The van der Waals surface area contributed by atoms with Crippen molar-refractivity contribution in [1.29, 1.82) is 0 Å². The fourth-order valence-electron chi connectivity index (χ4n) is 0.803. The normalized spacial score (nSPS) is 11.2. The first kappa shape index (κ1) is 9.97. The van der Waals surface area contributed by atoms with Crippen molar-refractivity contribution >= 4 is 10.4 Å². The lowest BCUT2D eigenvalue weighted by molar-refractivity contribution is 0.387. The maximum absolute atomic E-state index is 10.3. The highest BCUT2D eigenvalue weighted by atomic mass is 32.3. The van der Waals surface area contributed by atoms with Crippen LogP contribution >= 0.6 is 0 Å². The van der Waals surface area contributed by atoms with Gasteiger partial charge in [0.1, 0.15) is 5.75 Å². The molecule has 0 atom stereocenters. The van der Waals surface area contributed by atoms with Crippen molar-refractivity contribution in [3.63, 3.8) is 0 Å². The van der Waals surface area contributed by atoms with Crippen LogP contribution in [0.5, 0.6) is 5.75 Å². The van der Waals surface area contributed by atoms with Gasteiger partial charge in [0, 0.05) is 6.54 Å². The number of rotatable bonds is 3. The van der Waals surface area contributed by atoms with E-state index >= 15 is 0 Å². The molecule has 72 valence electrons. The van der Waals surface area contributed by atoms with E-state index in [2.05, 4.69) is 4.18 Å². The second kappa shape index (κ2) is 3.73. The van der Waals surface area contributed by atoms with Gasteiger partial charge in [0.15, 0.2) is 0 Å². The lowest BCUT2D eigenvalue weighted by Crippen LogP contribution is -2.06. The molecule has 0 unspecified atom stereocenters. The minimum atomic E-state index is -4.43. The number of hydrogen-bond acceptors (Lipinski definition) is 4. The molecule has 0 bridgehead atoms. The van der Waals surface area contributed by atoms with Crippen molar-refractivity contribution in [1.82, 2.24) is 0 Å². The Kier molecular flexibility index (Phi) is 2.86. The van der Waals surface area contributed by atoms with Gasteiger partial charge in [-0.05, 0) is 17.7 Å². The van der Waals surface area contributed by atoms with E-state index in [0.29, 0.717) is 6.54 Å². The molecule has 0 aliphatic rings. The van der Waals surface area contributed by atoms with Crippen LogP contribution < -0.4 is 9.92 Å². The van der Waals surface area contributed by atoms with E-state index in [-0.39, 0.29) is 5.75 Å². The summed E-state index contributed by atoms with van der Waals surface area (Å²) in [5.41, 5.74) is 6.17. The molecule has 0 saturated heterocycles. The fourth-order valence-corrected chi connectivity index (χ4v) is 1.16. The molecule has 0 fully saturated rings. The molecule has 0 aliphatic carbocycles. The molecule has 1 rings (SSSR count). The average molecular weight is 203 g/mol. The molecule has 1 aromatic carbocycles. The molecule has 3 N–H and O–H groups in total. The molecule has 0 spiro atoms. The minimum absolute atomic E-state index is 0.0553. The Labute approximate surface area is 76.1 Å². The fraction of sp³-hybridized carbons (Fsp3) is 0.143. The number of benzene rings is 1. The average Bonchev–Trinajstić information content (AvgIpc) is 2.03. The SMILES string of the molecule is NCc1ccc(OS(=O)(=O)O)cc1. The summed E-state index contributed by atoms with van der Waals surface area (Å²) in [6.45, 7) is 0.367. The lowest BCUT2D eigenvalue weighted by atomic mass is 10.2. The quantitative estimate of drug-likeness (QED) is 0.691. The second-order valence-electron chi connectivity index (χ2n) is 2.36. The molecule has 0 amide bonds. The topological polar surface area (TPSA) is 89.6 Å². The predicted molar refractivity (Wildman–Crippen MR) is 46.5 cm³/mol. The van der Waals surface area contributed by atoms with Gasteiger partial charge in [0.2, 0.25) is 0 Å². The van der Waals surface area contributed by atoms with E-state index in [1.165, 1.54) is 12.1 Å². The Morgan fingerprint density at radius 1 is 1.31 bits per heavy atom. The molecule has 1 aromatic rings. The first-order valence-corrected chi connectivity index (χ1v) is 4.84. The van der Waals surface area contributed by atoms with E-state index in [1.54, 1.807) is 12.1 Å². The third-order valence-electron chi connectivity index (χ3n) is 1.36. The molecule has 5 nitrogen and oxygen atoms in total. The van der Waals surface area contributed by atoms with Gasteiger partial charge in [0.05, 0.1) is 0 Å². The van der Waals surface area contributed by atoms with Crippen molar-refractivity contribution < 1.29 is 17.2 Å². The van der Waals surface area contributed by atoms with Crippen LogP contribution in [0.2, 0.25) is 0 Å². The molecule has 0 saturated carbocycles. The molecular formula is C7H9NO4S. The zero-order valence-corrected chi connectivity index (χ0v) is 7.49. The van der Waals surface area contributed by atoms with E-state index in [0.717, 1.165) is 5.56 Å². The summed E-state index contributed by atoms with van der Waals surface area (Å²) in [5, 5.41) is 0. The lowest BCUT2D eigenvalue weighted by Gasteiger charge is -2.01. The highest BCUT2D eigenvalue weighted by molar-refractivity contribution is 7.81. The number of hydrogen-bond donors (Lipinski definition) is 2. The van der Waals surface area contributed by atoms with Crippen LogP contribution in [0.4, 0.5) is 0 Å². The first-order chi connectivity index (χ1) is 6.01. The Hall–Kier alpha value is -1.11. The summed E-state index contributed by atoms with van der Waals surface area (Å²) in [4.78, 5) is 0. The van der Waals surface area contributed by atoms with E-state index in [9.17, 15) is 8.42 Å². The van der Waals surface area contributed by atoms with Crippen LogP contribution in [-0.4, -0.2) is 13.0 Å². The van der Waals surface area contributed by atoms with E-state index < -0.39 is 10.4 Å². The highest BCUT2D eigenvalue weighted by Crippen LogP contribution is 2.13. The van der Waals surface area contributed by atoms with Gasteiger partial charge in [-0.1, -0.05) is 12.1 Å². The van der Waals surface area contributed by atoms with E-state index in [4.69, 9.17) is 10.3 Å². The van der Waals surface area contributed by atoms with Gasteiger partial charge < -0.3 is 9.92 Å². The molecule has 0 heterocycles. The third-order valence-corrected chi connectivity index (χ3v) is 1.76. The number of nitrogens with two attached hydrogens (primary N) is 1. The van der Waals surface area contributed by atoms with Gasteiger partial charge in [-0.25, -0.2) is 0 Å². The zero-order valence-electron chi connectivity index (χ0n) is 6.67. The van der Waals surface area contributed by atoms with Crippen molar-refractivity contribution in [2.75, 3.05) is 0 Å². The smallest absolute Gasteiger partial charge is 0.362 e. The molecule has 0 aliphatic heterocycles. The van der Waals surface area contributed by atoms with Crippen LogP contribution in [0.1, 0.15) is 5.56 Å². The summed E-state index contributed by atoms with van der Waals surface area (Å²) in [7, 11) is -4.43. The van der Waals surface area contributed by atoms with Crippen molar-refractivity contribution in [3.8, 4) is 5.75 Å². The predicted octanol–water partition coefficient (Wildman–Crippen LogP) is 0.327. The highest BCUT2D eigenvalue weighted by Gasteiger charge is 2.05. The Bertz CT molecular complexity index is 370. The monoisotopic (exact) mass is 203 g/mol. The molecule has 6 heteroatoms. The molecule has 0 radical (unpaired) electrons. The van der Waals surface area contributed by atoms with E-state index in [1.807, 2.05) is 0 Å².